The van der Waals surface area contributed by atoms with Crippen molar-refractivity contribution < 1.29 is 0 Å². The molecule has 15 heavy (non-hydrogen) atoms. The summed E-state index contributed by atoms with van der Waals surface area (Å²) in [6.07, 6.45) is 5.44. The minimum absolute atomic E-state index is 0.702. The quantitative estimate of drug-likeness (QED) is 0.751. The van der Waals surface area contributed by atoms with Crippen LogP contribution in [0, 0.1) is 0 Å². The summed E-state index contributed by atoms with van der Waals surface area (Å²) in [5, 5.41) is 11.0. The van der Waals surface area contributed by atoms with Gasteiger partial charge < -0.3 is 14.5 Å². The van der Waals surface area contributed by atoms with Crippen molar-refractivity contribution in [1.82, 2.24) is 29.6 Å². The summed E-state index contributed by atoms with van der Waals surface area (Å²) in [5.74, 6) is 1.92. The Labute approximate surface area is 88.0 Å². The lowest BCUT2D eigenvalue weighted by molar-refractivity contribution is 0.636. The van der Waals surface area contributed by atoms with Crippen molar-refractivity contribution >= 4 is 0 Å². The Morgan fingerprint density at radius 3 is 2.93 bits per heavy atom. The van der Waals surface area contributed by atoms with Gasteiger partial charge in [0.2, 0.25) is 0 Å². The fourth-order valence-corrected chi connectivity index (χ4v) is 1.41. The Balaban J connectivity index is 2.17. The van der Waals surface area contributed by atoms with Gasteiger partial charge in [0.25, 0.3) is 0 Å². The molecule has 0 amide bonds. The Morgan fingerprint density at radius 1 is 1.40 bits per heavy atom. The highest BCUT2D eigenvalue weighted by Crippen LogP contribution is 2.01. The summed E-state index contributed by atoms with van der Waals surface area (Å²) in [7, 11) is 3.84. The number of hydrogen-bond donors (Lipinski definition) is 1. The van der Waals surface area contributed by atoms with Crippen molar-refractivity contribution in [3.63, 3.8) is 0 Å². The van der Waals surface area contributed by atoms with Crippen LogP contribution in [0.15, 0.2) is 18.7 Å². The molecule has 80 valence electrons. The number of aromatic nitrogens is 5. The maximum Gasteiger partial charge on any atom is 0.152 e. The van der Waals surface area contributed by atoms with Gasteiger partial charge in [0, 0.05) is 19.4 Å². The number of imidazole rings is 1. The molecule has 0 aromatic carbocycles. The second-order valence-electron chi connectivity index (χ2n) is 3.36. The molecule has 0 aliphatic carbocycles. The molecule has 2 aromatic heterocycles. The third kappa shape index (κ3) is 2.04. The van der Waals surface area contributed by atoms with Gasteiger partial charge in [0.05, 0.1) is 13.1 Å². The minimum atomic E-state index is 0.702. The lowest BCUT2D eigenvalue weighted by Crippen LogP contribution is -2.14. The van der Waals surface area contributed by atoms with Gasteiger partial charge in [-0.25, -0.2) is 4.98 Å². The molecule has 0 spiro atoms. The first kappa shape index (κ1) is 9.85. The van der Waals surface area contributed by atoms with E-state index in [-0.39, 0.29) is 0 Å². The van der Waals surface area contributed by atoms with Crippen molar-refractivity contribution in [2.75, 3.05) is 7.05 Å². The van der Waals surface area contributed by atoms with Crippen LogP contribution in [0.1, 0.15) is 11.6 Å². The molecule has 6 nitrogen and oxygen atoms in total. The van der Waals surface area contributed by atoms with Crippen LogP contribution >= 0.6 is 0 Å². The van der Waals surface area contributed by atoms with Crippen LogP contribution in [0.2, 0.25) is 0 Å². The number of aryl methyl sites for hydroxylation is 1. The summed E-state index contributed by atoms with van der Waals surface area (Å²) in [5.41, 5.74) is 0. The Morgan fingerprint density at radius 2 is 2.27 bits per heavy atom. The smallest absolute Gasteiger partial charge is 0.152 e. The van der Waals surface area contributed by atoms with E-state index in [4.69, 9.17) is 0 Å². The fraction of sp³-hybridized carbons (Fsp3) is 0.444. The molecule has 1 N–H and O–H groups in total. The molecular weight excluding hydrogens is 192 g/mol. The van der Waals surface area contributed by atoms with Crippen molar-refractivity contribution in [2.24, 2.45) is 7.05 Å². The Hall–Kier alpha value is -1.69. The number of nitrogens with zero attached hydrogens (tertiary/aromatic N) is 5. The van der Waals surface area contributed by atoms with Gasteiger partial charge in [-0.2, -0.15) is 0 Å². The second-order valence-corrected chi connectivity index (χ2v) is 3.36. The van der Waals surface area contributed by atoms with Crippen LogP contribution in [-0.4, -0.2) is 31.4 Å². The molecular formula is C9H14N6. The molecule has 0 saturated heterocycles. The van der Waals surface area contributed by atoms with E-state index < -0.39 is 0 Å². The normalized spacial score (nSPS) is 10.8. The fourth-order valence-electron chi connectivity index (χ4n) is 1.41. The highest BCUT2D eigenvalue weighted by atomic mass is 15.3. The largest absolute Gasteiger partial charge is 0.326 e. The molecule has 2 aromatic rings. The standard InChI is InChI=1S/C9H14N6/c1-10-5-8-11-3-4-15(8)6-9-13-12-7-14(9)2/h3-4,7,10H,5-6H2,1-2H3. The number of rotatable bonds is 4. The van der Waals surface area contributed by atoms with Gasteiger partial charge in [-0.15, -0.1) is 10.2 Å². The van der Waals surface area contributed by atoms with Gasteiger partial charge in [-0.1, -0.05) is 0 Å². The lowest BCUT2D eigenvalue weighted by Gasteiger charge is -2.06. The molecule has 0 radical (unpaired) electrons. The predicted molar refractivity (Wildman–Crippen MR) is 55.1 cm³/mol. The van der Waals surface area contributed by atoms with E-state index in [1.807, 2.05) is 24.9 Å². The average molecular weight is 206 g/mol. The molecule has 0 fully saturated rings. The van der Waals surface area contributed by atoms with Gasteiger partial charge >= 0.3 is 0 Å². The first-order valence-corrected chi connectivity index (χ1v) is 4.78. The van der Waals surface area contributed by atoms with E-state index in [9.17, 15) is 0 Å². The second kappa shape index (κ2) is 4.22. The summed E-state index contributed by atoms with van der Waals surface area (Å²) in [6, 6.07) is 0. The van der Waals surface area contributed by atoms with E-state index in [1.165, 1.54) is 0 Å². The molecule has 0 saturated carbocycles. The van der Waals surface area contributed by atoms with Crippen LogP contribution in [-0.2, 0) is 20.1 Å². The van der Waals surface area contributed by atoms with Gasteiger partial charge in [-0.3, -0.25) is 0 Å². The minimum Gasteiger partial charge on any atom is -0.326 e. The summed E-state index contributed by atoms with van der Waals surface area (Å²) in [4.78, 5) is 4.26. The highest BCUT2D eigenvalue weighted by molar-refractivity contribution is 4.96. The van der Waals surface area contributed by atoms with Gasteiger partial charge in [-0.05, 0) is 7.05 Å². The van der Waals surface area contributed by atoms with Crippen LogP contribution < -0.4 is 5.32 Å². The average Bonchev–Trinajstić information content (AvgIpc) is 2.80. The zero-order valence-electron chi connectivity index (χ0n) is 8.88. The molecule has 0 bridgehead atoms. The van der Waals surface area contributed by atoms with Crippen LogP contribution in [0.3, 0.4) is 0 Å². The van der Waals surface area contributed by atoms with Crippen LogP contribution in [0.4, 0.5) is 0 Å². The third-order valence-electron chi connectivity index (χ3n) is 2.25. The molecule has 2 rings (SSSR count). The number of hydrogen-bond acceptors (Lipinski definition) is 4. The van der Waals surface area contributed by atoms with Gasteiger partial charge in [0.15, 0.2) is 5.82 Å². The van der Waals surface area contributed by atoms with Gasteiger partial charge in [0.1, 0.15) is 12.2 Å². The molecule has 6 heteroatoms. The van der Waals surface area contributed by atoms with Crippen molar-refractivity contribution in [3.8, 4) is 0 Å². The zero-order valence-corrected chi connectivity index (χ0v) is 8.88. The van der Waals surface area contributed by atoms with E-state index in [0.717, 1.165) is 18.2 Å². The SMILES string of the molecule is CNCc1nccn1Cc1nncn1C. The topological polar surface area (TPSA) is 60.6 Å². The highest BCUT2D eigenvalue weighted by Gasteiger charge is 2.05. The Bertz CT molecular complexity index is 429. The van der Waals surface area contributed by atoms with Crippen LogP contribution in [0.25, 0.3) is 0 Å². The van der Waals surface area contributed by atoms with Crippen molar-refractivity contribution in [2.45, 2.75) is 13.1 Å². The maximum atomic E-state index is 4.26. The molecule has 2 heterocycles. The molecule has 0 aliphatic rings. The number of nitrogens with one attached hydrogen (secondary N) is 1. The third-order valence-corrected chi connectivity index (χ3v) is 2.25. The van der Waals surface area contributed by atoms with Crippen molar-refractivity contribution in [3.05, 3.63) is 30.4 Å². The van der Waals surface area contributed by atoms with E-state index in [0.29, 0.717) is 6.54 Å². The first-order valence-electron chi connectivity index (χ1n) is 4.78. The Kier molecular flexibility index (Phi) is 2.77. The lowest BCUT2D eigenvalue weighted by atomic mass is 10.5. The van der Waals surface area contributed by atoms with E-state index in [1.54, 1.807) is 12.5 Å². The van der Waals surface area contributed by atoms with Crippen LogP contribution in [0.5, 0.6) is 0 Å². The summed E-state index contributed by atoms with van der Waals surface area (Å²) in [6.45, 7) is 1.46. The monoisotopic (exact) mass is 206 g/mol. The van der Waals surface area contributed by atoms with Crippen molar-refractivity contribution in [1.29, 1.82) is 0 Å². The maximum absolute atomic E-state index is 4.26. The zero-order chi connectivity index (χ0) is 10.7. The molecule has 0 atom stereocenters. The molecule has 0 unspecified atom stereocenters. The summed E-state index contributed by atoms with van der Waals surface area (Å²) >= 11 is 0. The van der Waals surface area contributed by atoms with E-state index >= 15 is 0 Å². The first-order chi connectivity index (χ1) is 7.31. The van der Waals surface area contributed by atoms with E-state index in [2.05, 4.69) is 25.1 Å². The summed E-state index contributed by atoms with van der Waals surface area (Å²) < 4.78 is 3.96. The molecule has 0 aliphatic heterocycles. The predicted octanol–water partition coefficient (Wildman–Crippen LogP) is -0.221.